The maximum atomic E-state index is 11.2. The third kappa shape index (κ3) is 4.57. The number of ketones is 1. The second-order valence-electron chi connectivity index (χ2n) is 5.16. The van der Waals surface area contributed by atoms with E-state index in [4.69, 9.17) is 4.74 Å². The van der Waals surface area contributed by atoms with Gasteiger partial charge in [0.2, 0.25) is 0 Å². The van der Waals surface area contributed by atoms with Gasteiger partial charge in [0.25, 0.3) is 0 Å². The molecule has 1 fully saturated rings. The molecule has 0 spiro atoms. The van der Waals surface area contributed by atoms with E-state index in [9.17, 15) is 4.79 Å². The summed E-state index contributed by atoms with van der Waals surface area (Å²) >= 11 is 1.94. The molecule has 104 valence electrons. The zero-order chi connectivity index (χ0) is 13.7. The molecule has 2 rings (SSSR count). The van der Waals surface area contributed by atoms with Crippen molar-refractivity contribution in [3.63, 3.8) is 0 Å². The van der Waals surface area contributed by atoms with Crippen LogP contribution in [-0.4, -0.2) is 16.5 Å². The van der Waals surface area contributed by atoms with Crippen molar-refractivity contribution in [3.05, 3.63) is 29.8 Å². The molecule has 3 heteroatoms. The third-order valence-corrected chi connectivity index (χ3v) is 4.83. The number of benzene rings is 1. The molecular formula is C16H22O2S. The van der Waals surface area contributed by atoms with Crippen LogP contribution in [-0.2, 0) is 0 Å². The van der Waals surface area contributed by atoms with Gasteiger partial charge in [-0.3, -0.25) is 4.79 Å². The number of ether oxygens (including phenoxy) is 1. The summed E-state index contributed by atoms with van der Waals surface area (Å²) in [6, 6.07) is 7.43. The lowest BCUT2D eigenvalue weighted by molar-refractivity contribution is 0.101. The highest BCUT2D eigenvalue weighted by Gasteiger charge is 2.17. The number of carbonyl (C=O) groups is 1. The molecule has 1 saturated carbocycles. The van der Waals surface area contributed by atoms with Gasteiger partial charge >= 0.3 is 0 Å². The van der Waals surface area contributed by atoms with E-state index in [0.717, 1.165) is 16.6 Å². The van der Waals surface area contributed by atoms with Gasteiger partial charge in [0, 0.05) is 10.8 Å². The van der Waals surface area contributed by atoms with Crippen molar-refractivity contribution < 1.29 is 9.53 Å². The molecule has 0 aliphatic heterocycles. The van der Waals surface area contributed by atoms with Crippen LogP contribution in [0.25, 0.3) is 0 Å². The highest BCUT2D eigenvalue weighted by Crippen LogP contribution is 2.32. The quantitative estimate of drug-likeness (QED) is 0.578. The molecule has 1 aromatic carbocycles. The standard InChI is InChI=1S/C16H22O2S/c1-12(17)14-8-10-15(11-9-14)18-13(2)19-16-6-4-3-5-7-16/h8-11,13,16H,3-7H2,1-2H3. The summed E-state index contributed by atoms with van der Waals surface area (Å²) < 4.78 is 5.90. The molecule has 0 aromatic heterocycles. The van der Waals surface area contributed by atoms with E-state index in [1.54, 1.807) is 6.92 Å². The zero-order valence-corrected chi connectivity index (χ0v) is 12.5. The van der Waals surface area contributed by atoms with Gasteiger partial charge in [-0.05, 0) is 51.0 Å². The van der Waals surface area contributed by atoms with E-state index in [2.05, 4.69) is 6.92 Å². The van der Waals surface area contributed by atoms with Gasteiger partial charge in [0.1, 0.15) is 11.2 Å². The van der Waals surface area contributed by atoms with E-state index in [0.29, 0.717) is 0 Å². The minimum absolute atomic E-state index is 0.0937. The minimum atomic E-state index is 0.0937. The lowest BCUT2D eigenvalue weighted by Crippen LogP contribution is -2.16. The normalized spacial score (nSPS) is 18.0. The van der Waals surface area contributed by atoms with Gasteiger partial charge in [-0.15, -0.1) is 11.8 Å². The van der Waals surface area contributed by atoms with E-state index in [1.165, 1.54) is 32.1 Å². The Morgan fingerprint density at radius 2 is 1.84 bits per heavy atom. The fourth-order valence-electron chi connectivity index (χ4n) is 2.46. The molecule has 0 amide bonds. The molecule has 1 aliphatic rings. The fraction of sp³-hybridized carbons (Fsp3) is 0.562. The Balaban J connectivity index is 1.83. The summed E-state index contributed by atoms with van der Waals surface area (Å²) in [5.74, 6) is 0.942. The van der Waals surface area contributed by atoms with Crippen LogP contribution in [0.4, 0.5) is 0 Å². The SMILES string of the molecule is CC(=O)c1ccc(OC(C)SC2CCCCC2)cc1. The van der Waals surface area contributed by atoms with E-state index < -0.39 is 0 Å². The molecule has 0 heterocycles. The van der Waals surface area contributed by atoms with E-state index >= 15 is 0 Å². The molecule has 1 unspecified atom stereocenters. The number of rotatable bonds is 5. The van der Waals surface area contributed by atoms with Crippen LogP contribution in [0, 0.1) is 0 Å². The molecular weight excluding hydrogens is 256 g/mol. The van der Waals surface area contributed by atoms with Gasteiger partial charge in [-0.2, -0.15) is 0 Å². The summed E-state index contributed by atoms with van der Waals surface area (Å²) in [6.45, 7) is 3.69. The minimum Gasteiger partial charge on any atom is -0.480 e. The molecule has 0 radical (unpaired) electrons. The van der Waals surface area contributed by atoms with Crippen molar-refractivity contribution in [1.29, 1.82) is 0 Å². The number of Topliss-reactive ketones (excluding diaryl/α,β-unsaturated/α-hetero) is 1. The highest BCUT2D eigenvalue weighted by molar-refractivity contribution is 8.00. The summed E-state index contributed by atoms with van der Waals surface area (Å²) in [7, 11) is 0. The van der Waals surface area contributed by atoms with Crippen molar-refractivity contribution in [1.82, 2.24) is 0 Å². The third-order valence-electron chi connectivity index (χ3n) is 3.50. The van der Waals surface area contributed by atoms with Crippen molar-refractivity contribution in [2.45, 2.75) is 56.6 Å². The van der Waals surface area contributed by atoms with Gasteiger partial charge in [0.15, 0.2) is 5.78 Å². The van der Waals surface area contributed by atoms with Gasteiger partial charge < -0.3 is 4.74 Å². The molecule has 2 nitrogen and oxygen atoms in total. The maximum absolute atomic E-state index is 11.2. The maximum Gasteiger partial charge on any atom is 0.159 e. The number of hydrogen-bond donors (Lipinski definition) is 0. The lowest BCUT2D eigenvalue weighted by Gasteiger charge is -2.24. The largest absolute Gasteiger partial charge is 0.480 e. The van der Waals surface area contributed by atoms with Gasteiger partial charge in [0.05, 0.1) is 0 Å². The van der Waals surface area contributed by atoms with Gasteiger partial charge in [-0.25, -0.2) is 0 Å². The first-order chi connectivity index (χ1) is 9.15. The Bertz CT molecular complexity index is 407. The first-order valence-corrected chi connectivity index (χ1v) is 8.02. The van der Waals surface area contributed by atoms with Crippen LogP contribution >= 0.6 is 11.8 Å². The molecule has 0 N–H and O–H groups in total. The van der Waals surface area contributed by atoms with Crippen LogP contribution in [0.1, 0.15) is 56.3 Å². The molecule has 1 atom stereocenters. The second kappa shape index (κ2) is 6.99. The number of thioether (sulfide) groups is 1. The van der Waals surface area contributed by atoms with Crippen LogP contribution in [0.15, 0.2) is 24.3 Å². The molecule has 1 aromatic rings. The van der Waals surface area contributed by atoms with Crippen molar-refractivity contribution in [2.24, 2.45) is 0 Å². The smallest absolute Gasteiger partial charge is 0.159 e. The predicted octanol–water partition coefficient (Wildman–Crippen LogP) is 4.68. The topological polar surface area (TPSA) is 26.3 Å². The fourth-order valence-corrected chi connectivity index (χ4v) is 3.77. The molecule has 0 bridgehead atoms. The van der Waals surface area contributed by atoms with Gasteiger partial charge in [-0.1, -0.05) is 19.3 Å². The average molecular weight is 278 g/mol. The number of hydrogen-bond acceptors (Lipinski definition) is 3. The van der Waals surface area contributed by atoms with Crippen LogP contribution < -0.4 is 4.74 Å². The predicted molar refractivity (Wildman–Crippen MR) is 81.0 cm³/mol. The van der Waals surface area contributed by atoms with E-state index in [1.807, 2.05) is 36.0 Å². The second-order valence-corrected chi connectivity index (χ2v) is 6.76. The lowest BCUT2D eigenvalue weighted by atomic mass is 10.0. The van der Waals surface area contributed by atoms with Crippen LogP contribution in [0.3, 0.4) is 0 Å². The van der Waals surface area contributed by atoms with E-state index in [-0.39, 0.29) is 11.2 Å². The summed E-state index contributed by atoms with van der Waals surface area (Å²) in [5, 5.41) is 0.750. The molecule has 0 saturated heterocycles. The number of carbonyl (C=O) groups excluding carboxylic acids is 1. The average Bonchev–Trinajstić information content (AvgIpc) is 2.40. The highest BCUT2D eigenvalue weighted by atomic mass is 32.2. The summed E-state index contributed by atoms with van der Waals surface area (Å²) in [6.07, 6.45) is 6.75. The Labute approximate surface area is 119 Å². The Kier molecular flexibility index (Phi) is 5.32. The van der Waals surface area contributed by atoms with Crippen molar-refractivity contribution in [2.75, 3.05) is 0 Å². The van der Waals surface area contributed by atoms with Crippen molar-refractivity contribution >= 4 is 17.5 Å². The summed E-state index contributed by atoms with van der Waals surface area (Å²) in [4.78, 5) is 11.2. The Morgan fingerprint density at radius 1 is 1.21 bits per heavy atom. The zero-order valence-electron chi connectivity index (χ0n) is 11.7. The Morgan fingerprint density at radius 3 is 2.42 bits per heavy atom. The first kappa shape index (κ1) is 14.4. The molecule has 1 aliphatic carbocycles. The van der Waals surface area contributed by atoms with Crippen LogP contribution in [0.5, 0.6) is 5.75 Å². The van der Waals surface area contributed by atoms with Crippen LogP contribution in [0.2, 0.25) is 0 Å². The first-order valence-electron chi connectivity index (χ1n) is 7.08. The monoisotopic (exact) mass is 278 g/mol. The summed E-state index contributed by atoms with van der Waals surface area (Å²) in [5.41, 5.74) is 0.909. The molecule has 19 heavy (non-hydrogen) atoms. The Hall–Kier alpha value is -0.960. The van der Waals surface area contributed by atoms with Crippen molar-refractivity contribution in [3.8, 4) is 5.75 Å².